The molecule has 1 saturated heterocycles. The van der Waals surface area contributed by atoms with Crippen molar-refractivity contribution in [3.63, 3.8) is 0 Å². The van der Waals surface area contributed by atoms with E-state index in [1.807, 2.05) is 25.3 Å². The Balaban J connectivity index is 1.42. The lowest BCUT2D eigenvalue weighted by molar-refractivity contribution is 0.0143. The number of rotatable bonds is 4. The van der Waals surface area contributed by atoms with Crippen LogP contribution in [-0.4, -0.2) is 83.7 Å². The Hall–Kier alpha value is -3.05. The molecule has 1 aliphatic heterocycles. The molecule has 0 atom stereocenters. The van der Waals surface area contributed by atoms with Gasteiger partial charge in [0.05, 0.1) is 6.33 Å². The first-order valence-electron chi connectivity index (χ1n) is 10.4. The van der Waals surface area contributed by atoms with Crippen molar-refractivity contribution in [2.24, 2.45) is 0 Å². The lowest BCUT2D eigenvalue weighted by Gasteiger charge is -2.35. The zero-order chi connectivity index (χ0) is 22.9. The molecule has 32 heavy (non-hydrogen) atoms. The second kappa shape index (κ2) is 8.83. The summed E-state index contributed by atoms with van der Waals surface area (Å²) in [5.41, 5.74) is 7.58. The highest BCUT2D eigenvalue weighted by atomic mass is 35.5. The molecular formula is C20H26ClN9O2. The molecule has 2 N–H and O–H groups in total. The minimum atomic E-state index is -0.489. The fourth-order valence-electron chi connectivity index (χ4n) is 3.47. The summed E-state index contributed by atoms with van der Waals surface area (Å²) in [5, 5.41) is 0.122. The maximum absolute atomic E-state index is 12.2. The number of nitrogens with two attached hydrogens (primary N) is 1. The molecule has 0 aromatic carbocycles. The number of ether oxygens (including phenoxy) is 1. The Morgan fingerprint density at radius 2 is 1.78 bits per heavy atom. The smallest absolute Gasteiger partial charge is 0.410 e. The van der Waals surface area contributed by atoms with E-state index in [-0.39, 0.29) is 17.3 Å². The molecule has 4 heterocycles. The molecule has 1 aliphatic rings. The molecule has 0 unspecified atom stereocenters. The van der Waals surface area contributed by atoms with Gasteiger partial charge in [0.1, 0.15) is 16.8 Å². The zero-order valence-corrected chi connectivity index (χ0v) is 19.1. The van der Waals surface area contributed by atoms with Crippen LogP contribution in [0.2, 0.25) is 5.28 Å². The Morgan fingerprint density at radius 3 is 2.44 bits per heavy atom. The van der Waals surface area contributed by atoms with E-state index in [4.69, 9.17) is 22.1 Å². The van der Waals surface area contributed by atoms with Crippen LogP contribution >= 0.6 is 11.6 Å². The Bertz CT molecular complexity index is 1100. The summed E-state index contributed by atoms with van der Waals surface area (Å²) in [6.07, 6.45) is 4.64. The molecule has 0 radical (unpaired) electrons. The molecule has 1 fully saturated rings. The maximum atomic E-state index is 12.2. The topological polar surface area (TPSA) is 128 Å². The number of aromatic nitrogens is 6. The average Bonchev–Trinajstić information content (AvgIpc) is 3.14. The molecule has 1 amide bonds. The first-order chi connectivity index (χ1) is 15.2. The van der Waals surface area contributed by atoms with Crippen molar-refractivity contribution in [3.05, 3.63) is 24.0 Å². The van der Waals surface area contributed by atoms with Gasteiger partial charge in [-0.3, -0.25) is 4.90 Å². The Labute approximate surface area is 190 Å². The average molecular weight is 460 g/mol. The molecule has 4 rings (SSSR count). The predicted molar refractivity (Wildman–Crippen MR) is 120 cm³/mol. The van der Waals surface area contributed by atoms with Gasteiger partial charge in [0, 0.05) is 57.2 Å². The summed E-state index contributed by atoms with van der Waals surface area (Å²) in [4.78, 5) is 37.5. The SMILES string of the molecule is CC(C)(C)OC(=O)N1CCN(CCn2cnc3c(-c4cnc(N)nc4)nc(Cl)nc32)CC1. The van der Waals surface area contributed by atoms with Crippen molar-refractivity contribution in [1.82, 2.24) is 39.3 Å². The standard InChI is InChI=1S/C20H26ClN9O2/c1-20(2,3)32-19(31)29-7-4-28(5-8-29)6-9-30-12-25-15-14(26-17(21)27-16(15)30)13-10-23-18(22)24-11-13/h10-12H,4-9H2,1-3H3,(H2,22,23,24). The van der Waals surface area contributed by atoms with E-state index in [9.17, 15) is 4.79 Å². The minimum absolute atomic E-state index is 0.122. The number of halogens is 1. The summed E-state index contributed by atoms with van der Waals surface area (Å²) < 4.78 is 7.41. The maximum Gasteiger partial charge on any atom is 0.410 e. The van der Waals surface area contributed by atoms with E-state index in [1.165, 1.54) is 0 Å². The highest BCUT2D eigenvalue weighted by molar-refractivity contribution is 6.28. The van der Waals surface area contributed by atoms with Gasteiger partial charge in [-0.2, -0.15) is 4.98 Å². The lowest BCUT2D eigenvalue weighted by Crippen LogP contribution is -2.50. The molecule has 0 bridgehead atoms. The van der Waals surface area contributed by atoms with E-state index in [0.717, 1.165) is 19.6 Å². The van der Waals surface area contributed by atoms with Gasteiger partial charge in [-0.15, -0.1) is 0 Å². The van der Waals surface area contributed by atoms with Gasteiger partial charge < -0.3 is 19.9 Å². The van der Waals surface area contributed by atoms with Crippen LogP contribution in [0.5, 0.6) is 0 Å². The van der Waals surface area contributed by atoms with Gasteiger partial charge >= 0.3 is 6.09 Å². The van der Waals surface area contributed by atoms with Crippen molar-refractivity contribution in [3.8, 4) is 11.3 Å². The van der Waals surface area contributed by atoms with E-state index >= 15 is 0 Å². The van der Waals surface area contributed by atoms with E-state index in [2.05, 4.69) is 29.8 Å². The van der Waals surface area contributed by atoms with E-state index in [0.29, 0.717) is 42.1 Å². The van der Waals surface area contributed by atoms with Crippen LogP contribution in [0.3, 0.4) is 0 Å². The Kier molecular flexibility index (Phi) is 6.11. The molecule has 3 aromatic heterocycles. The molecule has 170 valence electrons. The van der Waals surface area contributed by atoms with Crippen LogP contribution in [0.4, 0.5) is 10.7 Å². The third-order valence-electron chi connectivity index (χ3n) is 5.06. The number of anilines is 1. The lowest BCUT2D eigenvalue weighted by atomic mass is 10.2. The number of nitrogens with zero attached hydrogens (tertiary/aromatic N) is 8. The van der Waals surface area contributed by atoms with E-state index in [1.54, 1.807) is 23.6 Å². The Morgan fingerprint density at radius 1 is 1.09 bits per heavy atom. The second-order valence-corrected chi connectivity index (χ2v) is 8.93. The number of amides is 1. The van der Waals surface area contributed by atoms with Crippen LogP contribution in [0, 0.1) is 0 Å². The van der Waals surface area contributed by atoms with E-state index < -0.39 is 5.60 Å². The van der Waals surface area contributed by atoms with Gasteiger partial charge in [-0.25, -0.2) is 24.7 Å². The van der Waals surface area contributed by atoms with Gasteiger partial charge in [0.15, 0.2) is 5.65 Å². The number of hydrogen-bond donors (Lipinski definition) is 1. The van der Waals surface area contributed by atoms with Gasteiger partial charge in [0.2, 0.25) is 11.2 Å². The van der Waals surface area contributed by atoms with Gasteiger partial charge in [-0.1, -0.05) is 0 Å². The highest BCUT2D eigenvalue weighted by Gasteiger charge is 2.26. The fraction of sp³-hybridized carbons (Fsp3) is 0.500. The fourth-order valence-corrected chi connectivity index (χ4v) is 3.64. The third kappa shape index (κ3) is 5.05. The summed E-state index contributed by atoms with van der Waals surface area (Å²) in [5.74, 6) is 0.183. The van der Waals surface area contributed by atoms with Crippen molar-refractivity contribution >= 4 is 34.8 Å². The normalized spacial score (nSPS) is 15.3. The quantitative estimate of drug-likeness (QED) is 0.583. The van der Waals surface area contributed by atoms with Crippen LogP contribution in [0.15, 0.2) is 18.7 Å². The number of carbonyl (C=O) groups excluding carboxylic acids is 1. The highest BCUT2D eigenvalue weighted by Crippen LogP contribution is 2.25. The van der Waals surface area contributed by atoms with Crippen molar-refractivity contribution < 1.29 is 9.53 Å². The summed E-state index contributed by atoms with van der Waals surface area (Å²) in [6.45, 7) is 9.90. The van der Waals surface area contributed by atoms with Crippen LogP contribution in [-0.2, 0) is 11.3 Å². The second-order valence-electron chi connectivity index (χ2n) is 8.59. The van der Waals surface area contributed by atoms with Crippen LogP contribution < -0.4 is 5.73 Å². The van der Waals surface area contributed by atoms with Crippen molar-refractivity contribution in [1.29, 1.82) is 0 Å². The van der Waals surface area contributed by atoms with Gasteiger partial charge in [0.25, 0.3) is 0 Å². The molecule has 0 saturated carbocycles. The molecular weight excluding hydrogens is 434 g/mol. The largest absolute Gasteiger partial charge is 0.444 e. The number of nitrogen functional groups attached to an aromatic ring is 1. The molecule has 3 aromatic rings. The number of hydrogen-bond acceptors (Lipinski definition) is 9. The van der Waals surface area contributed by atoms with Crippen LogP contribution in [0.1, 0.15) is 20.8 Å². The first kappa shape index (κ1) is 22.2. The first-order valence-corrected chi connectivity index (χ1v) is 10.7. The van der Waals surface area contributed by atoms with Crippen molar-refractivity contribution in [2.45, 2.75) is 32.9 Å². The van der Waals surface area contributed by atoms with Gasteiger partial charge in [-0.05, 0) is 32.4 Å². The molecule has 0 aliphatic carbocycles. The summed E-state index contributed by atoms with van der Waals surface area (Å²) >= 11 is 6.19. The number of carbonyl (C=O) groups is 1. The number of imidazole rings is 1. The van der Waals surface area contributed by atoms with Crippen molar-refractivity contribution in [2.75, 3.05) is 38.5 Å². The molecule has 12 heteroatoms. The number of piperazine rings is 1. The third-order valence-corrected chi connectivity index (χ3v) is 5.23. The minimum Gasteiger partial charge on any atom is -0.444 e. The van der Waals surface area contributed by atoms with Crippen LogP contribution in [0.25, 0.3) is 22.4 Å². The molecule has 11 nitrogen and oxygen atoms in total. The zero-order valence-electron chi connectivity index (χ0n) is 18.3. The predicted octanol–water partition coefficient (Wildman–Crippen LogP) is 2.07. The monoisotopic (exact) mass is 459 g/mol. The number of fused-ring (bicyclic) bond motifs is 1. The summed E-state index contributed by atoms with van der Waals surface area (Å²) in [6, 6.07) is 0. The molecule has 0 spiro atoms. The summed E-state index contributed by atoms with van der Waals surface area (Å²) in [7, 11) is 0.